The molecule has 1 aromatic rings. The summed E-state index contributed by atoms with van der Waals surface area (Å²) >= 11 is 0. The van der Waals surface area contributed by atoms with Crippen LogP contribution in [0.4, 0.5) is 0 Å². The summed E-state index contributed by atoms with van der Waals surface area (Å²) in [6.45, 7) is 0. The van der Waals surface area contributed by atoms with E-state index in [2.05, 4.69) is 4.98 Å². The van der Waals surface area contributed by atoms with Crippen LogP contribution in [-0.4, -0.2) is 10.1 Å². The van der Waals surface area contributed by atoms with E-state index in [9.17, 15) is 5.11 Å². The van der Waals surface area contributed by atoms with Crippen LogP contribution in [0.1, 0.15) is 42.7 Å². The number of aliphatic hydroxyl groups is 1. The highest BCUT2D eigenvalue weighted by Gasteiger charge is 2.21. The molecule has 0 amide bonds. The van der Waals surface area contributed by atoms with Crippen molar-refractivity contribution in [1.82, 2.24) is 4.98 Å². The van der Waals surface area contributed by atoms with E-state index in [1.165, 1.54) is 0 Å². The molecule has 2 atom stereocenters. The molecule has 0 saturated carbocycles. The summed E-state index contributed by atoms with van der Waals surface area (Å²) in [5.74, 6) is 0. The van der Waals surface area contributed by atoms with E-state index >= 15 is 0 Å². The monoisotopic (exact) mass is 178 g/mol. The fourth-order valence-corrected chi connectivity index (χ4v) is 1.85. The predicted octanol–water partition coefficient (Wildman–Crippen LogP) is 1.30. The molecule has 1 aromatic heterocycles. The molecular weight excluding hydrogens is 164 g/mol. The van der Waals surface area contributed by atoms with Crippen LogP contribution in [0.25, 0.3) is 0 Å². The number of hydrogen-bond acceptors (Lipinski definition) is 3. The summed E-state index contributed by atoms with van der Waals surface area (Å²) in [6.07, 6.45) is 3.97. The van der Waals surface area contributed by atoms with E-state index < -0.39 is 6.10 Å². The van der Waals surface area contributed by atoms with E-state index in [1.54, 1.807) is 6.20 Å². The Bertz CT molecular complexity index is 272. The molecular formula is C10H14N2O. The van der Waals surface area contributed by atoms with Crippen molar-refractivity contribution < 1.29 is 5.11 Å². The molecule has 0 radical (unpaired) electrons. The van der Waals surface area contributed by atoms with Gasteiger partial charge < -0.3 is 10.8 Å². The number of aromatic nitrogens is 1. The molecule has 1 aliphatic carbocycles. The Hall–Kier alpha value is -0.930. The third kappa shape index (κ3) is 1.57. The zero-order chi connectivity index (χ0) is 9.26. The van der Waals surface area contributed by atoms with Crippen molar-refractivity contribution in [2.45, 2.75) is 31.4 Å². The standard InChI is InChI=1S/C10H14N2O/c11-8-4-1-5-9(13)10-7(8)3-2-6-12-10/h2-3,6,8-9,13H,1,4-5,11H2/t8-,9+/m0/s1. The van der Waals surface area contributed by atoms with Crippen molar-refractivity contribution >= 4 is 0 Å². The molecule has 0 unspecified atom stereocenters. The maximum absolute atomic E-state index is 9.74. The lowest BCUT2D eigenvalue weighted by molar-refractivity contribution is 0.162. The summed E-state index contributed by atoms with van der Waals surface area (Å²) in [4.78, 5) is 4.18. The van der Waals surface area contributed by atoms with Gasteiger partial charge in [0.2, 0.25) is 0 Å². The van der Waals surface area contributed by atoms with Gasteiger partial charge in [0.15, 0.2) is 0 Å². The number of hydrogen-bond donors (Lipinski definition) is 2. The highest BCUT2D eigenvalue weighted by atomic mass is 16.3. The van der Waals surface area contributed by atoms with E-state index in [0.29, 0.717) is 0 Å². The lowest BCUT2D eigenvalue weighted by Gasteiger charge is -2.12. The van der Waals surface area contributed by atoms with Crippen molar-refractivity contribution in [3.8, 4) is 0 Å². The fourth-order valence-electron chi connectivity index (χ4n) is 1.85. The van der Waals surface area contributed by atoms with Gasteiger partial charge in [-0.15, -0.1) is 0 Å². The third-order valence-electron chi connectivity index (χ3n) is 2.58. The Morgan fingerprint density at radius 1 is 1.46 bits per heavy atom. The first-order valence-corrected chi connectivity index (χ1v) is 4.67. The van der Waals surface area contributed by atoms with Crippen molar-refractivity contribution in [3.63, 3.8) is 0 Å². The smallest absolute Gasteiger partial charge is 0.0963 e. The van der Waals surface area contributed by atoms with Crippen LogP contribution in [0.3, 0.4) is 0 Å². The third-order valence-corrected chi connectivity index (χ3v) is 2.58. The van der Waals surface area contributed by atoms with Crippen LogP contribution in [0.2, 0.25) is 0 Å². The quantitative estimate of drug-likeness (QED) is 0.589. The van der Waals surface area contributed by atoms with Crippen LogP contribution in [0.15, 0.2) is 18.3 Å². The van der Waals surface area contributed by atoms with Crippen LogP contribution in [0, 0.1) is 0 Å². The lowest BCUT2D eigenvalue weighted by Crippen LogP contribution is -2.11. The molecule has 0 fully saturated rings. The summed E-state index contributed by atoms with van der Waals surface area (Å²) in [5.41, 5.74) is 7.74. The first-order valence-electron chi connectivity index (χ1n) is 4.67. The number of aliphatic hydroxyl groups excluding tert-OH is 1. The Morgan fingerprint density at radius 2 is 2.31 bits per heavy atom. The predicted molar refractivity (Wildman–Crippen MR) is 50.0 cm³/mol. The second kappa shape index (κ2) is 3.44. The zero-order valence-corrected chi connectivity index (χ0v) is 7.48. The molecule has 0 saturated heterocycles. The molecule has 2 rings (SSSR count). The second-order valence-corrected chi connectivity index (χ2v) is 3.53. The van der Waals surface area contributed by atoms with Gasteiger partial charge in [0.1, 0.15) is 0 Å². The fraction of sp³-hybridized carbons (Fsp3) is 0.500. The summed E-state index contributed by atoms with van der Waals surface area (Å²) in [5, 5.41) is 9.74. The Morgan fingerprint density at radius 3 is 3.15 bits per heavy atom. The SMILES string of the molecule is N[C@H]1CCC[C@@H](O)c2ncccc21. The molecule has 0 spiro atoms. The van der Waals surface area contributed by atoms with Crippen molar-refractivity contribution in [3.05, 3.63) is 29.6 Å². The van der Waals surface area contributed by atoms with Gasteiger partial charge in [-0.2, -0.15) is 0 Å². The molecule has 3 heteroatoms. The maximum Gasteiger partial charge on any atom is 0.0963 e. The van der Waals surface area contributed by atoms with Crippen LogP contribution in [0.5, 0.6) is 0 Å². The van der Waals surface area contributed by atoms with Gasteiger partial charge in [-0.05, 0) is 30.9 Å². The molecule has 0 aromatic carbocycles. The minimum atomic E-state index is -0.426. The minimum absolute atomic E-state index is 0.0425. The van der Waals surface area contributed by atoms with E-state index in [0.717, 1.165) is 30.5 Å². The van der Waals surface area contributed by atoms with E-state index in [4.69, 9.17) is 5.73 Å². The van der Waals surface area contributed by atoms with Crippen LogP contribution in [-0.2, 0) is 0 Å². The summed E-state index contributed by atoms with van der Waals surface area (Å²) in [7, 11) is 0. The largest absolute Gasteiger partial charge is 0.387 e. The van der Waals surface area contributed by atoms with Gasteiger partial charge in [-0.25, -0.2) is 0 Å². The van der Waals surface area contributed by atoms with Gasteiger partial charge in [0.05, 0.1) is 11.8 Å². The van der Waals surface area contributed by atoms with Crippen molar-refractivity contribution in [2.24, 2.45) is 5.73 Å². The number of pyridine rings is 1. The van der Waals surface area contributed by atoms with E-state index in [-0.39, 0.29) is 6.04 Å². The number of nitrogens with two attached hydrogens (primary N) is 1. The van der Waals surface area contributed by atoms with Gasteiger partial charge >= 0.3 is 0 Å². The molecule has 1 aliphatic rings. The van der Waals surface area contributed by atoms with Gasteiger partial charge in [-0.3, -0.25) is 4.98 Å². The molecule has 3 nitrogen and oxygen atoms in total. The van der Waals surface area contributed by atoms with Gasteiger partial charge in [0, 0.05) is 12.2 Å². The first-order chi connectivity index (χ1) is 6.29. The molecule has 1 heterocycles. The molecule has 13 heavy (non-hydrogen) atoms. The lowest BCUT2D eigenvalue weighted by atomic mass is 10.0. The highest BCUT2D eigenvalue weighted by molar-refractivity contribution is 5.26. The average molecular weight is 178 g/mol. The zero-order valence-electron chi connectivity index (χ0n) is 7.48. The van der Waals surface area contributed by atoms with Crippen LogP contribution < -0.4 is 5.73 Å². The molecule has 3 N–H and O–H groups in total. The normalized spacial score (nSPS) is 27.8. The second-order valence-electron chi connectivity index (χ2n) is 3.53. The Labute approximate surface area is 77.6 Å². The number of fused-ring (bicyclic) bond motifs is 1. The Balaban J connectivity index is 2.45. The minimum Gasteiger partial charge on any atom is -0.387 e. The maximum atomic E-state index is 9.74. The first kappa shape index (κ1) is 8.66. The molecule has 70 valence electrons. The summed E-state index contributed by atoms with van der Waals surface area (Å²) < 4.78 is 0. The number of nitrogens with zero attached hydrogens (tertiary/aromatic N) is 1. The molecule has 0 bridgehead atoms. The van der Waals surface area contributed by atoms with E-state index in [1.807, 2.05) is 12.1 Å². The summed E-state index contributed by atoms with van der Waals surface area (Å²) in [6, 6.07) is 3.87. The average Bonchev–Trinajstić information content (AvgIpc) is 2.29. The van der Waals surface area contributed by atoms with Crippen molar-refractivity contribution in [2.75, 3.05) is 0 Å². The highest BCUT2D eigenvalue weighted by Crippen LogP contribution is 2.30. The van der Waals surface area contributed by atoms with Crippen LogP contribution >= 0.6 is 0 Å². The number of rotatable bonds is 0. The van der Waals surface area contributed by atoms with Gasteiger partial charge in [-0.1, -0.05) is 6.07 Å². The van der Waals surface area contributed by atoms with Gasteiger partial charge in [0.25, 0.3) is 0 Å². The topological polar surface area (TPSA) is 59.1 Å². The Kier molecular flexibility index (Phi) is 2.29. The molecule has 0 aliphatic heterocycles. The van der Waals surface area contributed by atoms with Crippen molar-refractivity contribution in [1.29, 1.82) is 0 Å².